The summed E-state index contributed by atoms with van der Waals surface area (Å²) in [6.07, 6.45) is 3.49. The standard InChI is InChI=1S/C28H29N3O4/c1-34-24-13-14-25(26(20-24)35-2)28(33)29-22-9-11-23(12-10-22)30-16-18-31(19-17-30)27(32)15-8-21-6-4-3-5-7-21/h3-15,20H,16-19H2,1-2H3,(H,29,33)/b15-8-. The zero-order valence-corrected chi connectivity index (χ0v) is 19.9. The van der Waals surface area contributed by atoms with Gasteiger partial charge in [-0.25, -0.2) is 0 Å². The molecule has 0 atom stereocenters. The average Bonchev–Trinajstić information content (AvgIpc) is 2.92. The van der Waals surface area contributed by atoms with Gasteiger partial charge in [-0.2, -0.15) is 0 Å². The van der Waals surface area contributed by atoms with Crippen molar-refractivity contribution in [1.29, 1.82) is 0 Å². The summed E-state index contributed by atoms with van der Waals surface area (Å²) in [4.78, 5) is 29.4. The number of ether oxygens (including phenoxy) is 2. The van der Waals surface area contributed by atoms with Gasteiger partial charge in [0, 0.05) is 49.7 Å². The summed E-state index contributed by atoms with van der Waals surface area (Å²) in [5, 5.41) is 2.91. The summed E-state index contributed by atoms with van der Waals surface area (Å²) in [6, 6.07) is 22.6. The zero-order valence-electron chi connectivity index (χ0n) is 19.9. The van der Waals surface area contributed by atoms with Crippen LogP contribution in [0.2, 0.25) is 0 Å². The lowest BCUT2D eigenvalue weighted by atomic mass is 10.1. The summed E-state index contributed by atoms with van der Waals surface area (Å²) in [6.45, 7) is 2.82. The predicted octanol–water partition coefficient (Wildman–Crippen LogP) is 4.32. The van der Waals surface area contributed by atoms with Crippen LogP contribution in [-0.4, -0.2) is 57.1 Å². The lowest BCUT2D eigenvalue weighted by Gasteiger charge is -2.35. The number of amides is 2. The predicted molar refractivity (Wildman–Crippen MR) is 138 cm³/mol. The van der Waals surface area contributed by atoms with E-state index in [1.54, 1.807) is 31.4 Å². The third-order valence-corrected chi connectivity index (χ3v) is 5.95. The van der Waals surface area contributed by atoms with E-state index in [-0.39, 0.29) is 11.8 Å². The number of hydrogen-bond donors (Lipinski definition) is 1. The van der Waals surface area contributed by atoms with E-state index in [1.165, 1.54) is 7.11 Å². The van der Waals surface area contributed by atoms with Gasteiger partial charge in [-0.05, 0) is 48.0 Å². The molecule has 0 spiro atoms. The summed E-state index contributed by atoms with van der Waals surface area (Å²) in [5.41, 5.74) is 3.19. The monoisotopic (exact) mass is 471 g/mol. The molecule has 7 nitrogen and oxygen atoms in total. The van der Waals surface area contributed by atoms with Gasteiger partial charge in [-0.3, -0.25) is 9.59 Å². The number of hydrogen-bond acceptors (Lipinski definition) is 5. The van der Waals surface area contributed by atoms with Gasteiger partial charge in [0.2, 0.25) is 5.91 Å². The SMILES string of the molecule is COc1ccc(C(=O)Nc2ccc(N3CCN(C(=O)/C=C\c4ccccc4)CC3)cc2)c(OC)c1. The third kappa shape index (κ3) is 6.00. The molecular weight excluding hydrogens is 442 g/mol. The molecule has 1 saturated heterocycles. The molecule has 1 N–H and O–H groups in total. The Morgan fingerprint density at radius 2 is 1.57 bits per heavy atom. The van der Waals surface area contributed by atoms with E-state index >= 15 is 0 Å². The second-order valence-corrected chi connectivity index (χ2v) is 8.12. The minimum Gasteiger partial charge on any atom is -0.497 e. The maximum Gasteiger partial charge on any atom is 0.259 e. The molecule has 1 aliphatic rings. The largest absolute Gasteiger partial charge is 0.497 e. The molecule has 1 aliphatic heterocycles. The quantitative estimate of drug-likeness (QED) is 0.520. The van der Waals surface area contributed by atoms with E-state index < -0.39 is 0 Å². The number of carbonyl (C=O) groups excluding carboxylic acids is 2. The first-order valence-corrected chi connectivity index (χ1v) is 11.5. The van der Waals surface area contributed by atoms with Crippen molar-refractivity contribution in [2.45, 2.75) is 0 Å². The summed E-state index contributed by atoms with van der Waals surface area (Å²) >= 11 is 0. The van der Waals surface area contributed by atoms with Crippen LogP contribution >= 0.6 is 0 Å². The van der Waals surface area contributed by atoms with Crippen molar-refractivity contribution in [3.8, 4) is 11.5 Å². The van der Waals surface area contributed by atoms with Gasteiger partial charge >= 0.3 is 0 Å². The third-order valence-electron chi connectivity index (χ3n) is 5.95. The second kappa shape index (κ2) is 11.2. The normalized spacial score (nSPS) is 13.5. The Balaban J connectivity index is 1.31. The Bertz CT molecular complexity index is 1180. The van der Waals surface area contributed by atoms with Crippen molar-refractivity contribution < 1.29 is 19.1 Å². The van der Waals surface area contributed by atoms with Crippen LogP contribution in [-0.2, 0) is 4.79 Å². The molecule has 7 heteroatoms. The van der Waals surface area contributed by atoms with Crippen LogP contribution in [0.1, 0.15) is 15.9 Å². The molecule has 0 saturated carbocycles. The maximum absolute atomic E-state index is 12.7. The summed E-state index contributed by atoms with van der Waals surface area (Å²) in [5.74, 6) is 0.842. The smallest absolute Gasteiger partial charge is 0.259 e. The van der Waals surface area contributed by atoms with Gasteiger partial charge in [0.05, 0.1) is 19.8 Å². The molecule has 2 amide bonds. The van der Waals surface area contributed by atoms with Crippen LogP contribution in [0.15, 0.2) is 78.9 Å². The summed E-state index contributed by atoms with van der Waals surface area (Å²) < 4.78 is 10.5. The molecule has 0 aromatic heterocycles. The molecule has 35 heavy (non-hydrogen) atoms. The fourth-order valence-electron chi connectivity index (χ4n) is 3.96. The van der Waals surface area contributed by atoms with Crippen LogP contribution in [0, 0.1) is 0 Å². The number of nitrogens with zero attached hydrogens (tertiary/aromatic N) is 2. The van der Waals surface area contributed by atoms with E-state index in [0.717, 1.165) is 24.3 Å². The van der Waals surface area contributed by atoms with E-state index in [1.807, 2.05) is 65.6 Å². The Labute approximate surface area is 205 Å². The number of methoxy groups -OCH3 is 2. The maximum atomic E-state index is 12.7. The van der Waals surface area contributed by atoms with Crippen molar-refractivity contribution in [1.82, 2.24) is 4.90 Å². The molecule has 0 radical (unpaired) electrons. The Morgan fingerprint density at radius 1 is 0.857 bits per heavy atom. The van der Waals surface area contributed by atoms with Gasteiger partial charge in [-0.1, -0.05) is 30.3 Å². The minimum atomic E-state index is -0.257. The highest BCUT2D eigenvalue weighted by atomic mass is 16.5. The second-order valence-electron chi connectivity index (χ2n) is 8.12. The van der Waals surface area contributed by atoms with Crippen LogP contribution < -0.4 is 19.7 Å². The highest BCUT2D eigenvalue weighted by molar-refractivity contribution is 6.06. The van der Waals surface area contributed by atoms with Gasteiger partial charge in [0.15, 0.2) is 0 Å². The van der Waals surface area contributed by atoms with Crippen LogP contribution in [0.3, 0.4) is 0 Å². The van der Waals surface area contributed by atoms with E-state index in [9.17, 15) is 9.59 Å². The number of nitrogens with one attached hydrogen (secondary N) is 1. The first-order chi connectivity index (χ1) is 17.1. The number of piperazine rings is 1. The van der Waals surface area contributed by atoms with Crippen molar-refractivity contribution in [2.75, 3.05) is 50.6 Å². The van der Waals surface area contributed by atoms with Crippen LogP contribution in [0.5, 0.6) is 11.5 Å². The molecule has 0 unspecified atom stereocenters. The van der Waals surface area contributed by atoms with Crippen molar-refractivity contribution >= 4 is 29.3 Å². The van der Waals surface area contributed by atoms with E-state index in [2.05, 4.69) is 10.2 Å². The molecule has 3 aromatic carbocycles. The highest BCUT2D eigenvalue weighted by Crippen LogP contribution is 2.26. The van der Waals surface area contributed by atoms with E-state index in [4.69, 9.17) is 9.47 Å². The van der Waals surface area contributed by atoms with Crippen molar-refractivity contribution in [3.63, 3.8) is 0 Å². The topological polar surface area (TPSA) is 71.1 Å². The molecule has 0 aliphatic carbocycles. The molecule has 1 fully saturated rings. The Hall–Kier alpha value is -4.26. The number of anilines is 2. The zero-order chi connectivity index (χ0) is 24.6. The number of rotatable bonds is 7. The first-order valence-electron chi connectivity index (χ1n) is 11.5. The summed E-state index contributed by atoms with van der Waals surface area (Å²) in [7, 11) is 3.09. The van der Waals surface area contributed by atoms with Crippen molar-refractivity contribution in [2.24, 2.45) is 0 Å². The van der Waals surface area contributed by atoms with Gasteiger partial charge < -0.3 is 24.6 Å². The first kappa shape index (κ1) is 23.9. The van der Waals surface area contributed by atoms with Crippen molar-refractivity contribution in [3.05, 3.63) is 90.0 Å². The molecule has 3 aromatic rings. The number of benzene rings is 3. The number of carbonyl (C=O) groups is 2. The Morgan fingerprint density at radius 3 is 2.23 bits per heavy atom. The average molecular weight is 472 g/mol. The van der Waals surface area contributed by atoms with Gasteiger partial charge in [-0.15, -0.1) is 0 Å². The van der Waals surface area contributed by atoms with Gasteiger partial charge in [0.1, 0.15) is 11.5 Å². The molecular formula is C28H29N3O4. The molecule has 1 heterocycles. The molecule has 180 valence electrons. The van der Waals surface area contributed by atoms with Gasteiger partial charge in [0.25, 0.3) is 5.91 Å². The lowest BCUT2D eigenvalue weighted by Crippen LogP contribution is -2.48. The van der Waals surface area contributed by atoms with Crippen LogP contribution in [0.4, 0.5) is 11.4 Å². The highest BCUT2D eigenvalue weighted by Gasteiger charge is 2.20. The fraction of sp³-hybridized carbons (Fsp3) is 0.214. The molecule has 0 bridgehead atoms. The fourth-order valence-corrected chi connectivity index (χ4v) is 3.96. The Kier molecular flexibility index (Phi) is 7.67. The minimum absolute atomic E-state index is 0.0283. The van der Waals surface area contributed by atoms with E-state index in [0.29, 0.717) is 35.8 Å². The molecule has 4 rings (SSSR count). The van der Waals surface area contributed by atoms with Crippen LogP contribution in [0.25, 0.3) is 6.08 Å². The lowest BCUT2D eigenvalue weighted by molar-refractivity contribution is -0.126.